The van der Waals surface area contributed by atoms with Crippen LogP contribution < -0.4 is 0 Å². The number of fused-ring (bicyclic) bond motifs is 14. The van der Waals surface area contributed by atoms with Crippen LogP contribution in [-0.2, 0) is 10.8 Å². The van der Waals surface area contributed by atoms with Gasteiger partial charge in [0.1, 0.15) is 0 Å². The summed E-state index contributed by atoms with van der Waals surface area (Å²) in [5.41, 5.74) is 15.7. The second kappa shape index (κ2) is 9.92. The molecule has 0 saturated heterocycles. The van der Waals surface area contributed by atoms with Crippen LogP contribution in [0.15, 0.2) is 133 Å². The zero-order chi connectivity index (χ0) is 35.3. The van der Waals surface area contributed by atoms with Crippen LogP contribution >= 0.6 is 0 Å². The third kappa shape index (κ3) is 3.74. The summed E-state index contributed by atoms with van der Waals surface area (Å²) in [5.74, 6) is 0. The molecule has 0 atom stereocenters. The van der Waals surface area contributed by atoms with E-state index in [-0.39, 0.29) is 10.8 Å². The van der Waals surface area contributed by atoms with E-state index in [1.807, 2.05) is 0 Å². The monoisotopic (exact) mass is 668 g/mol. The Morgan fingerprint density at radius 1 is 0.346 bits per heavy atom. The molecule has 0 amide bonds. The SMILES string of the molecule is CC(C)(C)c1ccccc1-c1ccc2c3c4c5ccccc5n5c6cc(-c7ccccc7C(C)(C)C)ccc6c(c6c7ccccc7n(c2c1)c63)c45. The Morgan fingerprint density at radius 3 is 1.10 bits per heavy atom. The van der Waals surface area contributed by atoms with Crippen LogP contribution in [0.25, 0.3) is 98.4 Å². The molecule has 11 aromatic rings. The van der Waals surface area contributed by atoms with Crippen LogP contribution in [-0.4, -0.2) is 8.80 Å². The lowest BCUT2D eigenvalue weighted by atomic mass is 9.82. The molecule has 52 heavy (non-hydrogen) atoms. The van der Waals surface area contributed by atoms with Gasteiger partial charge in [0, 0.05) is 43.1 Å². The molecule has 4 aromatic heterocycles. The molecular weight excluding hydrogens is 629 g/mol. The van der Waals surface area contributed by atoms with E-state index >= 15 is 0 Å². The van der Waals surface area contributed by atoms with Gasteiger partial charge in [0.25, 0.3) is 0 Å². The van der Waals surface area contributed by atoms with E-state index in [9.17, 15) is 0 Å². The number of rotatable bonds is 2. The van der Waals surface area contributed by atoms with E-state index < -0.39 is 0 Å². The molecular formula is C50H40N2. The highest BCUT2D eigenvalue weighted by Gasteiger charge is 2.29. The Hall–Kier alpha value is -5.86. The Bertz CT molecular complexity index is 3020. The fourth-order valence-corrected chi connectivity index (χ4v) is 9.69. The van der Waals surface area contributed by atoms with Crippen molar-refractivity contribution in [3.05, 3.63) is 145 Å². The van der Waals surface area contributed by atoms with E-state index in [1.54, 1.807) is 0 Å². The van der Waals surface area contributed by atoms with E-state index in [4.69, 9.17) is 0 Å². The number of para-hydroxylation sites is 2. The molecule has 0 saturated carbocycles. The lowest BCUT2D eigenvalue weighted by Gasteiger charge is -2.23. The van der Waals surface area contributed by atoms with E-state index in [0.717, 1.165) is 0 Å². The second-order valence-electron chi connectivity index (χ2n) is 17.0. The van der Waals surface area contributed by atoms with E-state index in [2.05, 4.69) is 184 Å². The highest BCUT2D eigenvalue weighted by molar-refractivity contribution is 6.45. The van der Waals surface area contributed by atoms with Crippen LogP contribution in [0.1, 0.15) is 52.7 Å². The summed E-state index contributed by atoms with van der Waals surface area (Å²) < 4.78 is 5.15. The van der Waals surface area contributed by atoms with Crippen molar-refractivity contribution in [1.82, 2.24) is 8.80 Å². The molecule has 0 N–H and O–H groups in total. The second-order valence-corrected chi connectivity index (χ2v) is 17.0. The van der Waals surface area contributed by atoms with Crippen LogP contribution in [0.5, 0.6) is 0 Å². The van der Waals surface area contributed by atoms with Crippen molar-refractivity contribution < 1.29 is 0 Å². The quantitative estimate of drug-likeness (QED) is 0.173. The van der Waals surface area contributed by atoms with Crippen molar-refractivity contribution in [3.63, 3.8) is 0 Å². The van der Waals surface area contributed by atoms with Gasteiger partial charge in [0.2, 0.25) is 0 Å². The van der Waals surface area contributed by atoms with Crippen molar-refractivity contribution in [1.29, 1.82) is 0 Å². The average Bonchev–Trinajstić information content (AvgIpc) is 3.87. The molecule has 0 fully saturated rings. The first-order chi connectivity index (χ1) is 25.1. The Labute approximate surface area is 303 Å². The van der Waals surface area contributed by atoms with Crippen LogP contribution in [0, 0.1) is 0 Å². The summed E-state index contributed by atoms with van der Waals surface area (Å²) in [6.45, 7) is 13.9. The molecule has 11 rings (SSSR count). The van der Waals surface area contributed by atoms with Crippen LogP contribution in [0.3, 0.4) is 0 Å². The van der Waals surface area contributed by atoms with Gasteiger partial charge in [-0.2, -0.15) is 0 Å². The van der Waals surface area contributed by atoms with Gasteiger partial charge in [-0.25, -0.2) is 0 Å². The minimum Gasteiger partial charge on any atom is -0.308 e. The molecule has 0 spiro atoms. The summed E-state index contributed by atoms with van der Waals surface area (Å²) in [6, 6.07) is 50.4. The highest BCUT2D eigenvalue weighted by Crippen LogP contribution is 2.52. The maximum Gasteiger partial charge on any atom is 0.0634 e. The standard InChI is InChI=1S/C50H40N2/c1-49(2,3)37-19-11-7-15-31(37)29-23-25-35-41(27-29)51-39-21-13-9-17-33(39)44-46-36-26-24-30(32-16-8-12-20-38(32)50(4,5)6)28-42(36)52-40-22-14-10-18-34(40)43(48(46)52)45(35)47(44)51/h7-28H,1-6H3. The van der Waals surface area contributed by atoms with Gasteiger partial charge in [-0.05, 0) is 68.5 Å². The third-order valence-corrected chi connectivity index (χ3v) is 11.8. The minimum atomic E-state index is 0.0357. The van der Waals surface area contributed by atoms with E-state index in [1.165, 1.54) is 110 Å². The highest BCUT2D eigenvalue weighted by atomic mass is 14.9. The van der Waals surface area contributed by atoms with Crippen molar-refractivity contribution >= 4 is 76.2 Å². The fraction of sp³-hybridized carbons (Fsp3) is 0.160. The van der Waals surface area contributed by atoms with Crippen LogP contribution in [0.2, 0.25) is 0 Å². The fourth-order valence-electron chi connectivity index (χ4n) is 9.69. The van der Waals surface area contributed by atoms with Gasteiger partial charge < -0.3 is 8.80 Å². The predicted octanol–water partition coefficient (Wildman–Crippen LogP) is 13.9. The molecule has 4 heterocycles. The van der Waals surface area contributed by atoms with Gasteiger partial charge in [-0.15, -0.1) is 0 Å². The van der Waals surface area contributed by atoms with Crippen molar-refractivity contribution in [2.45, 2.75) is 52.4 Å². The molecule has 2 nitrogen and oxygen atoms in total. The predicted molar refractivity (Wildman–Crippen MR) is 224 cm³/mol. The largest absolute Gasteiger partial charge is 0.308 e. The molecule has 250 valence electrons. The minimum absolute atomic E-state index is 0.0357. The third-order valence-electron chi connectivity index (χ3n) is 11.8. The molecule has 2 heteroatoms. The number of aromatic nitrogens is 2. The zero-order valence-corrected chi connectivity index (χ0v) is 30.6. The molecule has 0 aliphatic carbocycles. The smallest absolute Gasteiger partial charge is 0.0634 e. The van der Waals surface area contributed by atoms with Crippen molar-refractivity contribution in [2.75, 3.05) is 0 Å². The first kappa shape index (κ1) is 29.8. The molecule has 7 aromatic carbocycles. The van der Waals surface area contributed by atoms with Crippen LogP contribution in [0.4, 0.5) is 0 Å². The summed E-state index contributed by atoms with van der Waals surface area (Å²) in [6.07, 6.45) is 0. The summed E-state index contributed by atoms with van der Waals surface area (Å²) in [5, 5.41) is 10.7. The zero-order valence-electron chi connectivity index (χ0n) is 30.6. The summed E-state index contributed by atoms with van der Waals surface area (Å²) in [7, 11) is 0. The van der Waals surface area contributed by atoms with Gasteiger partial charge >= 0.3 is 0 Å². The Kier molecular flexibility index (Phi) is 5.69. The Balaban J connectivity index is 1.34. The average molecular weight is 669 g/mol. The normalized spacial score (nSPS) is 13.2. The maximum absolute atomic E-state index is 2.58. The van der Waals surface area contributed by atoms with Gasteiger partial charge in [-0.1, -0.05) is 151 Å². The molecule has 0 radical (unpaired) electrons. The molecule has 0 aliphatic heterocycles. The lowest BCUT2D eigenvalue weighted by Crippen LogP contribution is -2.12. The number of benzene rings is 7. The lowest BCUT2D eigenvalue weighted by molar-refractivity contribution is 0.591. The molecule has 0 aliphatic rings. The van der Waals surface area contributed by atoms with Gasteiger partial charge in [-0.3, -0.25) is 0 Å². The number of hydrogen-bond donors (Lipinski definition) is 0. The van der Waals surface area contributed by atoms with Gasteiger partial charge in [0.15, 0.2) is 0 Å². The van der Waals surface area contributed by atoms with Gasteiger partial charge in [0.05, 0.1) is 33.1 Å². The maximum atomic E-state index is 2.58. The Morgan fingerprint density at radius 2 is 0.692 bits per heavy atom. The number of hydrogen-bond acceptors (Lipinski definition) is 0. The van der Waals surface area contributed by atoms with Crippen molar-refractivity contribution in [3.8, 4) is 22.3 Å². The molecule has 0 unspecified atom stereocenters. The first-order valence-corrected chi connectivity index (χ1v) is 18.6. The topological polar surface area (TPSA) is 8.82 Å². The van der Waals surface area contributed by atoms with E-state index in [0.29, 0.717) is 0 Å². The first-order valence-electron chi connectivity index (χ1n) is 18.6. The number of nitrogens with zero attached hydrogens (tertiary/aromatic N) is 2. The summed E-state index contributed by atoms with van der Waals surface area (Å²) >= 11 is 0. The van der Waals surface area contributed by atoms with Crippen molar-refractivity contribution in [2.24, 2.45) is 0 Å². The molecule has 0 bridgehead atoms. The summed E-state index contributed by atoms with van der Waals surface area (Å²) in [4.78, 5) is 0.